The molecule has 0 spiro atoms. The molecule has 2 heterocycles. The van der Waals surface area contributed by atoms with Crippen LogP contribution >= 0.6 is 11.3 Å². The Labute approximate surface area is 142 Å². The van der Waals surface area contributed by atoms with Gasteiger partial charge in [0.25, 0.3) is 5.56 Å². The van der Waals surface area contributed by atoms with E-state index in [1.165, 1.54) is 6.07 Å². The molecule has 122 valence electrons. The largest absolute Gasteiger partial charge is 0.497 e. The van der Waals surface area contributed by atoms with E-state index >= 15 is 0 Å². The quantitative estimate of drug-likeness (QED) is 0.552. The second-order valence-corrected chi connectivity index (χ2v) is 5.99. The second kappa shape index (κ2) is 7.10. The fourth-order valence-electron chi connectivity index (χ4n) is 2.09. The number of anilines is 1. The number of aromatic amines is 1. The summed E-state index contributed by atoms with van der Waals surface area (Å²) in [5, 5.41) is 6.13. The van der Waals surface area contributed by atoms with Crippen molar-refractivity contribution < 1.29 is 4.74 Å². The molecule has 0 radical (unpaired) electrons. The Morgan fingerprint density at radius 3 is 2.75 bits per heavy atom. The zero-order valence-corrected chi connectivity index (χ0v) is 14.1. The van der Waals surface area contributed by atoms with Crippen LogP contribution in [0.3, 0.4) is 0 Å². The molecule has 0 atom stereocenters. The van der Waals surface area contributed by atoms with Crippen LogP contribution in [0.15, 0.2) is 51.7 Å². The smallest absolute Gasteiger partial charge is 0.252 e. The molecule has 7 heteroatoms. The van der Waals surface area contributed by atoms with Crippen LogP contribution in [0, 0.1) is 6.92 Å². The summed E-state index contributed by atoms with van der Waals surface area (Å²) in [4.78, 5) is 19.9. The molecule has 0 saturated heterocycles. The lowest BCUT2D eigenvalue weighted by atomic mass is 10.1. The van der Waals surface area contributed by atoms with Gasteiger partial charge in [-0.05, 0) is 48.2 Å². The predicted molar refractivity (Wildman–Crippen MR) is 97.1 cm³/mol. The first-order chi connectivity index (χ1) is 11.7. The van der Waals surface area contributed by atoms with Crippen molar-refractivity contribution in [2.75, 3.05) is 12.5 Å². The number of H-pyrrole nitrogens is 1. The van der Waals surface area contributed by atoms with Gasteiger partial charge in [-0.2, -0.15) is 5.10 Å². The second-order valence-electron chi connectivity index (χ2n) is 5.05. The highest BCUT2D eigenvalue weighted by Crippen LogP contribution is 2.20. The highest BCUT2D eigenvalue weighted by atomic mass is 32.1. The van der Waals surface area contributed by atoms with Gasteiger partial charge in [-0.1, -0.05) is 0 Å². The average Bonchev–Trinajstić information content (AvgIpc) is 3.00. The minimum Gasteiger partial charge on any atom is -0.497 e. The van der Waals surface area contributed by atoms with Crippen LogP contribution in [0.25, 0.3) is 11.3 Å². The van der Waals surface area contributed by atoms with Gasteiger partial charge in [-0.15, -0.1) is 11.3 Å². The first kappa shape index (κ1) is 15.9. The van der Waals surface area contributed by atoms with Crippen molar-refractivity contribution in [3.05, 3.63) is 62.6 Å². The van der Waals surface area contributed by atoms with Crippen LogP contribution in [0.5, 0.6) is 5.75 Å². The number of thiophene rings is 1. The van der Waals surface area contributed by atoms with E-state index in [4.69, 9.17) is 4.74 Å². The normalized spacial score (nSPS) is 10.9. The molecule has 0 bridgehead atoms. The topological polar surface area (TPSA) is 79.4 Å². The number of rotatable bonds is 5. The zero-order valence-electron chi connectivity index (χ0n) is 13.2. The number of ether oxygens (including phenoxy) is 1. The third-order valence-electron chi connectivity index (χ3n) is 3.38. The molecule has 0 unspecified atom stereocenters. The molecule has 0 saturated carbocycles. The molecule has 0 aliphatic rings. The average molecular weight is 340 g/mol. The van der Waals surface area contributed by atoms with E-state index in [2.05, 4.69) is 20.5 Å². The van der Waals surface area contributed by atoms with Crippen LogP contribution in [-0.4, -0.2) is 23.3 Å². The maximum absolute atomic E-state index is 11.8. The van der Waals surface area contributed by atoms with Crippen LogP contribution in [-0.2, 0) is 0 Å². The van der Waals surface area contributed by atoms with Crippen molar-refractivity contribution in [1.29, 1.82) is 0 Å². The Balaban J connectivity index is 1.82. The number of hydrogen-bond donors (Lipinski definition) is 2. The molecule has 2 aromatic heterocycles. The van der Waals surface area contributed by atoms with Gasteiger partial charge in [0.2, 0.25) is 5.95 Å². The van der Waals surface area contributed by atoms with Crippen LogP contribution in [0.1, 0.15) is 10.4 Å². The summed E-state index contributed by atoms with van der Waals surface area (Å²) < 4.78 is 5.13. The van der Waals surface area contributed by atoms with Crippen molar-refractivity contribution >= 4 is 23.5 Å². The summed E-state index contributed by atoms with van der Waals surface area (Å²) in [5.41, 5.74) is 5.05. The van der Waals surface area contributed by atoms with Gasteiger partial charge in [0, 0.05) is 16.5 Å². The summed E-state index contributed by atoms with van der Waals surface area (Å²) >= 11 is 1.60. The minimum absolute atomic E-state index is 0.249. The van der Waals surface area contributed by atoms with Crippen molar-refractivity contribution in [3.8, 4) is 17.0 Å². The summed E-state index contributed by atoms with van der Waals surface area (Å²) in [5.74, 6) is 1.04. The van der Waals surface area contributed by atoms with E-state index < -0.39 is 0 Å². The maximum Gasteiger partial charge on any atom is 0.252 e. The molecule has 0 aliphatic heterocycles. The molecule has 2 N–H and O–H groups in total. The van der Waals surface area contributed by atoms with Crippen molar-refractivity contribution in [1.82, 2.24) is 9.97 Å². The fraction of sp³-hybridized carbons (Fsp3) is 0.118. The van der Waals surface area contributed by atoms with Crippen LogP contribution in [0.4, 0.5) is 5.95 Å². The lowest BCUT2D eigenvalue weighted by Gasteiger charge is -2.05. The standard InChI is InChI=1S/C17H16N4O2S/c1-11-7-8-24-15(11)10-18-21-17-19-14(9-16(22)20-17)12-3-5-13(23-2)6-4-12/h3-10H,1-2H3,(H2,19,20,21,22)/b18-10-. The third-order valence-corrected chi connectivity index (χ3v) is 4.33. The van der Waals surface area contributed by atoms with E-state index in [0.29, 0.717) is 11.6 Å². The molecule has 3 aromatic rings. The lowest BCUT2D eigenvalue weighted by Crippen LogP contribution is -2.10. The molecule has 0 fully saturated rings. The summed E-state index contributed by atoms with van der Waals surface area (Å²) in [6.07, 6.45) is 1.71. The third kappa shape index (κ3) is 3.69. The highest BCUT2D eigenvalue weighted by molar-refractivity contribution is 7.11. The Bertz CT molecular complexity index is 913. The molecule has 3 rings (SSSR count). The van der Waals surface area contributed by atoms with Crippen LogP contribution < -0.4 is 15.7 Å². The van der Waals surface area contributed by atoms with Gasteiger partial charge in [0.1, 0.15) is 5.75 Å². The van der Waals surface area contributed by atoms with Crippen molar-refractivity contribution in [3.63, 3.8) is 0 Å². The van der Waals surface area contributed by atoms with E-state index in [1.807, 2.05) is 42.6 Å². The number of hydrogen-bond acceptors (Lipinski definition) is 6. The van der Waals surface area contributed by atoms with Crippen molar-refractivity contribution in [2.45, 2.75) is 6.92 Å². The molecular weight excluding hydrogens is 324 g/mol. The van der Waals surface area contributed by atoms with Gasteiger partial charge in [0.05, 0.1) is 19.0 Å². The van der Waals surface area contributed by atoms with Gasteiger partial charge in [0.15, 0.2) is 0 Å². The summed E-state index contributed by atoms with van der Waals surface area (Å²) in [6, 6.07) is 10.8. The van der Waals surface area contributed by atoms with E-state index in [-0.39, 0.29) is 5.56 Å². The first-order valence-electron chi connectivity index (χ1n) is 7.24. The molecule has 6 nitrogen and oxygen atoms in total. The van der Waals surface area contributed by atoms with Crippen molar-refractivity contribution in [2.24, 2.45) is 5.10 Å². The molecule has 0 amide bonds. The number of nitrogens with one attached hydrogen (secondary N) is 2. The fourth-order valence-corrected chi connectivity index (χ4v) is 2.88. The first-order valence-corrected chi connectivity index (χ1v) is 8.12. The number of hydrazone groups is 1. The van der Waals surface area contributed by atoms with Crippen LogP contribution in [0.2, 0.25) is 0 Å². The molecule has 1 aromatic carbocycles. The maximum atomic E-state index is 11.8. The van der Waals surface area contributed by atoms with Gasteiger partial charge >= 0.3 is 0 Å². The number of aryl methyl sites for hydroxylation is 1. The Kier molecular flexibility index (Phi) is 4.72. The number of nitrogens with zero attached hydrogens (tertiary/aromatic N) is 2. The number of aromatic nitrogens is 2. The Morgan fingerprint density at radius 2 is 2.08 bits per heavy atom. The molecular formula is C17H16N4O2S. The molecule has 0 aliphatic carbocycles. The Hall–Kier alpha value is -2.93. The van der Waals surface area contributed by atoms with Gasteiger partial charge in [-0.25, -0.2) is 10.4 Å². The monoisotopic (exact) mass is 340 g/mol. The highest BCUT2D eigenvalue weighted by Gasteiger charge is 2.04. The lowest BCUT2D eigenvalue weighted by molar-refractivity contribution is 0.415. The summed E-state index contributed by atoms with van der Waals surface area (Å²) in [6.45, 7) is 2.02. The SMILES string of the molecule is COc1ccc(-c2cc(=O)[nH]c(N/N=C\c3sccc3C)n2)cc1. The summed E-state index contributed by atoms with van der Waals surface area (Å²) in [7, 11) is 1.61. The predicted octanol–water partition coefficient (Wildman–Crippen LogP) is 3.26. The van der Waals surface area contributed by atoms with Gasteiger partial charge < -0.3 is 4.74 Å². The van der Waals surface area contributed by atoms with E-state index in [0.717, 1.165) is 21.8 Å². The zero-order chi connectivity index (χ0) is 16.9. The Morgan fingerprint density at radius 1 is 1.29 bits per heavy atom. The van der Waals surface area contributed by atoms with Gasteiger partial charge in [-0.3, -0.25) is 9.78 Å². The van der Waals surface area contributed by atoms with E-state index in [9.17, 15) is 4.79 Å². The minimum atomic E-state index is -0.249. The number of benzene rings is 1. The van der Waals surface area contributed by atoms with E-state index in [1.54, 1.807) is 24.7 Å². The molecule has 24 heavy (non-hydrogen) atoms. The number of methoxy groups -OCH3 is 1.